The predicted molar refractivity (Wildman–Crippen MR) is 106 cm³/mol. The number of amides is 1. The number of hydrogen-bond acceptors (Lipinski definition) is 4. The van der Waals surface area contributed by atoms with E-state index in [0.29, 0.717) is 5.69 Å². The van der Waals surface area contributed by atoms with E-state index in [4.69, 9.17) is 4.84 Å². The molecule has 2 rings (SSSR count). The second-order valence-electron chi connectivity index (χ2n) is 5.49. The molecule has 0 radical (unpaired) electrons. The van der Waals surface area contributed by atoms with E-state index >= 15 is 0 Å². The molecule has 0 aliphatic carbocycles. The molecule has 8 heteroatoms. The number of carbonyl (C=O) groups is 1. The van der Waals surface area contributed by atoms with Crippen LogP contribution in [0.5, 0.6) is 0 Å². The molecule has 1 atom stereocenters. The van der Waals surface area contributed by atoms with Crippen LogP contribution in [0.4, 0.5) is 15.8 Å². The summed E-state index contributed by atoms with van der Waals surface area (Å²) in [6, 6.07) is 8.37. The van der Waals surface area contributed by atoms with E-state index < -0.39 is 17.8 Å². The van der Waals surface area contributed by atoms with E-state index in [-0.39, 0.29) is 16.6 Å². The van der Waals surface area contributed by atoms with Gasteiger partial charge in [0.05, 0.1) is 21.8 Å². The molecule has 0 heterocycles. The Kier molecular flexibility index (Phi) is 7.17. The number of halogens is 3. The summed E-state index contributed by atoms with van der Waals surface area (Å²) in [6.45, 7) is 3.41. The minimum Gasteiger partial charge on any atom is -0.391 e. The summed E-state index contributed by atoms with van der Waals surface area (Å²) in [5.41, 5.74) is 4.49. The Morgan fingerprint density at radius 3 is 2.72 bits per heavy atom. The zero-order valence-corrected chi connectivity index (χ0v) is 17.3. The number of aryl methyl sites for hydroxylation is 1. The van der Waals surface area contributed by atoms with Crippen LogP contribution >= 0.6 is 38.5 Å². The van der Waals surface area contributed by atoms with Crippen LogP contribution in [0.15, 0.2) is 34.8 Å². The lowest BCUT2D eigenvalue weighted by molar-refractivity contribution is -0.00683. The summed E-state index contributed by atoms with van der Waals surface area (Å²) in [7, 11) is 0. The fraction of sp³-hybridized carbons (Fsp3) is 0.235. The van der Waals surface area contributed by atoms with Gasteiger partial charge < -0.3 is 10.4 Å². The molecule has 0 aliphatic rings. The molecule has 25 heavy (non-hydrogen) atoms. The van der Waals surface area contributed by atoms with Crippen molar-refractivity contribution in [2.75, 3.05) is 11.9 Å². The number of nitrogens with one attached hydrogen (secondary N) is 2. The van der Waals surface area contributed by atoms with E-state index in [1.165, 1.54) is 19.1 Å². The quantitative estimate of drug-likeness (QED) is 0.391. The maximum atomic E-state index is 14.0. The molecule has 134 valence electrons. The first kappa shape index (κ1) is 20.1. The van der Waals surface area contributed by atoms with Gasteiger partial charge in [-0.25, -0.2) is 9.87 Å². The number of hydrogen-bond donors (Lipinski definition) is 3. The maximum Gasteiger partial charge on any atom is 0.276 e. The van der Waals surface area contributed by atoms with Crippen LogP contribution in [0.25, 0.3) is 0 Å². The third-order valence-corrected chi connectivity index (χ3v) is 4.53. The Morgan fingerprint density at radius 2 is 2.08 bits per heavy atom. The number of aliphatic hydroxyl groups is 1. The molecular weight excluding hydrogens is 506 g/mol. The molecule has 0 aliphatic heterocycles. The lowest BCUT2D eigenvalue weighted by Crippen LogP contribution is -2.28. The van der Waals surface area contributed by atoms with Gasteiger partial charge in [0.2, 0.25) is 0 Å². The maximum absolute atomic E-state index is 14.0. The summed E-state index contributed by atoms with van der Waals surface area (Å²) >= 11 is 5.29. The first-order valence-corrected chi connectivity index (χ1v) is 9.27. The summed E-state index contributed by atoms with van der Waals surface area (Å²) in [5.74, 6) is -1.04. The first-order chi connectivity index (χ1) is 11.8. The van der Waals surface area contributed by atoms with Crippen molar-refractivity contribution in [1.29, 1.82) is 0 Å². The highest BCUT2D eigenvalue weighted by molar-refractivity contribution is 14.1. The minimum atomic E-state index is -0.715. The van der Waals surface area contributed by atoms with Crippen molar-refractivity contribution in [3.8, 4) is 0 Å². The van der Waals surface area contributed by atoms with Gasteiger partial charge >= 0.3 is 0 Å². The number of aliphatic hydroxyl groups excluding tert-OH is 1. The fourth-order valence-corrected chi connectivity index (χ4v) is 3.02. The van der Waals surface area contributed by atoms with Crippen LogP contribution in [-0.4, -0.2) is 23.7 Å². The SMILES string of the molecule is Cc1cc(I)ccc1Nc1cc(F)c(Br)cc1C(=O)NOCC(C)O. The van der Waals surface area contributed by atoms with Crippen LogP contribution < -0.4 is 10.8 Å². The lowest BCUT2D eigenvalue weighted by Gasteiger charge is -2.15. The van der Waals surface area contributed by atoms with Gasteiger partial charge in [0.25, 0.3) is 5.91 Å². The highest BCUT2D eigenvalue weighted by atomic mass is 127. The molecular formula is C17H17BrFIN2O3. The molecule has 3 N–H and O–H groups in total. The second kappa shape index (κ2) is 8.93. The van der Waals surface area contributed by atoms with Crippen molar-refractivity contribution in [3.63, 3.8) is 0 Å². The van der Waals surface area contributed by atoms with Crippen molar-refractivity contribution in [1.82, 2.24) is 5.48 Å². The monoisotopic (exact) mass is 522 g/mol. The summed E-state index contributed by atoms with van der Waals surface area (Å²) in [6.07, 6.45) is -0.715. The molecule has 2 aromatic rings. The molecule has 0 saturated carbocycles. The molecule has 5 nitrogen and oxygen atoms in total. The van der Waals surface area contributed by atoms with E-state index in [1.54, 1.807) is 0 Å². The second-order valence-corrected chi connectivity index (χ2v) is 7.59. The zero-order chi connectivity index (χ0) is 18.6. The minimum absolute atomic E-state index is 0.0485. The van der Waals surface area contributed by atoms with Gasteiger partial charge in [0.15, 0.2) is 0 Å². The predicted octanol–water partition coefficient (Wildman–Crippen LogP) is 4.29. The molecule has 1 unspecified atom stereocenters. The Hall–Kier alpha value is -1.23. The van der Waals surface area contributed by atoms with Gasteiger partial charge in [0, 0.05) is 9.26 Å². The van der Waals surface area contributed by atoms with Crippen LogP contribution in [-0.2, 0) is 4.84 Å². The molecule has 0 aromatic heterocycles. The van der Waals surface area contributed by atoms with Crippen molar-refractivity contribution in [2.45, 2.75) is 20.0 Å². The van der Waals surface area contributed by atoms with Crippen molar-refractivity contribution >= 4 is 55.8 Å². The Bertz CT molecular complexity index is 787. The standard InChI is InChI=1S/C17H17BrFIN2O3/c1-9-5-11(20)3-4-15(9)21-16-7-14(19)13(18)6-12(16)17(24)22-25-8-10(2)23/h3-7,10,21,23H,8H2,1-2H3,(H,22,24). The van der Waals surface area contributed by atoms with Crippen LogP contribution in [0.2, 0.25) is 0 Å². The molecule has 1 amide bonds. The third-order valence-electron chi connectivity index (χ3n) is 3.25. The smallest absolute Gasteiger partial charge is 0.276 e. The van der Waals surface area contributed by atoms with Crippen LogP contribution in [0.3, 0.4) is 0 Å². The van der Waals surface area contributed by atoms with E-state index in [0.717, 1.165) is 14.8 Å². The van der Waals surface area contributed by atoms with Crippen LogP contribution in [0.1, 0.15) is 22.8 Å². The number of carbonyl (C=O) groups excluding carboxylic acids is 1. The van der Waals surface area contributed by atoms with Gasteiger partial charge in [-0.2, -0.15) is 0 Å². The molecule has 0 saturated heterocycles. The average molecular weight is 523 g/mol. The Balaban J connectivity index is 2.30. The van der Waals surface area contributed by atoms with Gasteiger partial charge in [-0.15, -0.1) is 0 Å². The van der Waals surface area contributed by atoms with Crippen molar-refractivity contribution in [2.24, 2.45) is 0 Å². The highest BCUT2D eigenvalue weighted by Crippen LogP contribution is 2.29. The van der Waals surface area contributed by atoms with Crippen molar-refractivity contribution in [3.05, 3.63) is 55.3 Å². The Morgan fingerprint density at radius 1 is 1.36 bits per heavy atom. The first-order valence-electron chi connectivity index (χ1n) is 7.40. The largest absolute Gasteiger partial charge is 0.391 e. The molecule has 2 aromatic carbocycles. The molecule has 0 spiro atoms. The number of hydroxylamine groups is 1. The lowest BCUT2D eigenvalue weighted by atomic mass is 10.1. The van der Waals surface area contributed by atoms with E-state index in [2.05, 4.69) is 49.3 Å². The van der Waals surface area contributed by atoms with E-state index in [1.807, 2.05) is 25.1 Å². The van der Waals surface area contributed by atoms with Crippen molar-refractivity contribution < 1.29 is 19.1 Å². The van der Waals surface area contributed by atoms with Gasteiger partial charge in [-0.05, 0) is 88.3 Å². The van der Waals surface area contributed by atoms with Gasteiger partial charge in [-0.1, -0.05) is 0 Å². The number of rotatable bonds is 6. The van der Waals surface area contributed by atoms with E-state index in [9.17, 15) is 14.3 Å². The third kappa shape index (κ3) is 5.63. The summed E-state index contributed by atoms with van der Waals surface area (Å²) in [4.78, 5) is 17.3. The van der Waals surface area contributed by atoms with Gasteiger partial charge in [-0.3, -0.25) is 9.63 Å². The zero-order valence-electron chi connectivity index (χ0n) is 13.6. The van der Waals surface area contributed by atoms with Gasteiger partial charge in [0.1, 0.15) is 12.4 Å². The Labute approximate surface area is 167 Å². The topological polar surface area (TPSA) is 70.6 Å². The molecule has 0 bridgehead atoms. The number of anilines is 2. The van der Waals surface area contributed by atoms with Crippen LogP contribution in [0, 0.1) is 16.3 Å². The summed E-state index contributed by atoms with van der Waals surface area (Å²) < 4.78 is 15.2. The normalized spacial score (nSPS) is 11.9. The molecule has 0 fully saturated rings. The summed E-state index contributed by atoms with van der Waals surface area (Å²) in [5, 5.41) is 12.3. The fourth-order valence-electron chi connectivity index (χ4n) is 2.03. The average Bonchev–Trinajstić information content (AvgIpc) is 2.52. The highest BCUT2D eigenvalue weighted by Gasteiger charge is 2.16. The number of benzene rings is 2.